The first-order valence-corrected chi connectivity index (χ1v) is 9.22. The van der Waals surface area contributed by atoms with Gasteiger partial charge >= 0.3 is 0 Å². The topological polar surface area (TPSA) is 66.5 Å². The monoisotopic (exact) mass is 336 g/mol. The molecule has 0 saturated carbocycles. The number of nitrogens with one attached hydrogen (secondary N) is 1. The smallest absolute Gasteiger partial charge is 0.251 e. The van der Waals surface area contributed by atoms with E-state index in [0.717, 1.165) is 12.0 Å². The van der Waals surface area contributed by atoms with Gasteiger partial charge in [-0.25, -0.2) is 8.42 Å². The Labute approximate surface area is 133 Å². The molecule has 3 rings (SSSR count). The quantitative estimate of drug-likeness (QED) is 0.930. The van der Waals surface area contributed by atoms with E-state index in [1.165, 1.54) is 28.4 Å². The van der Waals surface area contributed by atoms with Crippen molar-refractivity contribution in [3.8, 4) is 0 Å². The van der Waals surface area contributed by atoms with Gasteiger partial charge in [-0.15, -0.1) is 11.3 Å². The Morgan fingerprint density at radius 3 is 2.91 bits per heavy atom. The van der Waals surface area contributed by atoms with Gasteiger partial charge < -0.3 is 5.32 Å². The molecule has 1 aliphatic rings. The summed E-state index contributed by atoms with van der Waals surface area (Å²) in [4.78, 5) is 13.1. The minimum Gasteiger partial charge on any atom is -0.355 e. The molecule has 1 N–H and O–H groups in total. The molecular weight excluding hydrogens is 320 g/mol. The molecule has 0 saturated heterocycles. The Kier molecular flexibility index (Phi) is 4.03. The highest BCUT2D eigenvalue weighted by molar-refractivity contribution is 7.89. The van der Waals surface area contributed by atoms with Gasteiger partial charge in [0.05, 0.1) is 4.90 Å². The van der Waals surface area contributed by atoms with Crippen LogP contribution in [0.3, 0.4) is 0 Å². The summed E-state index contributed by atoms with van der Waals surface area (Å²) in [5.41, 5.74) is 1.42. The number of thiophene rings is 1. The Morgan fingerprint density at radius 2 is 2.14 bits per heavy atom. The van der Waals surface area contributed by atoms with Crippen molar-refractivity contribution >= 4 is 27.3 Å². The van der Waals surface area contributed by atoms with E-state index in [1.54, 1.807) is 23.5 Å². The first-order valence-electron chi connectivity index (χ1n) is 6.90. The van der Waals surface area contributed by atoms with Crippen molar-refractivity contribution in [3.63, 3.8) is 0 Å². The van der Waals surface area contributed by atoms with Crippen molar-refractivity contribution in [3.05, 3.63) is 51.7 Å². The zero-order valence-corrected chi connectivity index (χ0v) is 13.7. The third-order valence-electron chi connectivity index (χ3n) is 3.73. The molecule has 0 fully saturated rings. The zero-order chi connectivity index (χ0) is 15.7. The molecule has 22 heavy (non-hydrogen) atoms. The second-order valence-electron chi connectivity index (χ2n) is 5.06. The van der Waals surface area contributed by atoms with E-state index in [2.05, 4.69) is 5.32 Å². The molecule has 1 amide bonds. The van der Waals surface area contributed by atoms with Crippen LogP contribution >= 0.6 is 11.3 Å². The molecular formula is C15H16N2O3S2. The average Bonchev–Trinajstić information content (AvgIpc) is 3.01. The van der Waals surface area contributed by atoms with Crippen LogP contribution in [0.1, 0.15) is 20.8 Å². The number of rotatable bonds is 3. The van der Waals surface area contributed by atoms with Crippen molar-refractivity contribution < 1.29 is 13.2 Å². The van der Waals surface area contributed by atoms with Crippen LogP contribution in [0.15, 0.2) is 40.6 Å². The van der Waals surface area contributed by atoms with Gasteiger partial charge in [0.25, 0.3) is 5.91 Å². The molecule has 5 nitrogen and oxygen atoms in total. The summed E-state index contributed by atoms with van der Waals surface area (Å²) in [7, 11) is -2.07. The average molecular weight is 336 g/mol. The van der Waals surface area contributed by atoms with E-state index in [1.807, 2.05) is 11.4 Å². The molecule has 0 radical (unpaired) electrons. The molecule has 0 aliphatic carbocycles. The van der Waals surface area contributed by atoms with Gasteiger partial charge in [0.15, 0.2) is 0 Å². The summed E-state index contributed by atoms with van der Waals surface area (Å²) >= 11 is 1.67. The fourth-order valence-electron chi connectivity index (χ4n) is 2.52. The Bertz CT molecular complexity index is 812. The lowest BCUT2D eigenvalue weighted by atomic mass is 10.1. The van der Waals surface area contributed by atoms with Crippen LogP contribution in [0.5, 0.6) is 0 Å². The number of fused-ring (bicyclic) bond motifs is 1. The Hall–Kier alpha value is -1.70. The normalized spacial score (nSPS) is 15.3. The highest BCUT2D eigenvalue weighted by atomic mass is 32.2. The molecule has 1 aliphatic heterocycles. The van der Waals surface area contributed by atoms with E-state index < -0.39 is 10.0 Å². The van der Waals surface area contributed by atoms with Gasteiger partial charge in [-0.05, 0) is 41.6 Å². The molecule has 2 heterocycles. The van der Waals surface area contributed by atoms with E-state index in [4.69, 9.17) is 0 Å². The van der Waals surface area contributed by atoms with Crippen LogP contribution in [0.4, 0.5) is 0 Å². The standard InChI is InChI=1S/C15H16N2O3S2/c1-16-15(18)11-3-2-4-13(9-11)22(19,20)17-7-5-14-12(10-17)6-8-21-14/h2-4,6,8-9H,5,7,10H2,1H3,(H,16,18). The maximum Gasteiger partial charge on any atom is 0.251 e. The molecule has 0 bridgehead atoms. The van der Waals surface area contributed by atoms with Crippen LogP contribution in [0.2, 0.25) is 0 Å². The zero-order valence-electron chi connectivity index (χ0n) is 12.1. The lowest BCUT2D eigenvalue weighted by Crippen LogP contribution is -2.35. The van der Waals surface area contributed by atoms with Gasteiger partial charge in [-0.1, -0.05) is 6.07 Å². The predicted octanol–water partition coefficient (Wildman–Crippen LogP) is 1.85. The Balaban J connectivity index is 1.92. The van der Waals surface area contributed by atoms with Crippen LogP contribution in [0.25, 0.3) is 0 Å². The van der Waals surface area contributed by atoms with Gasteiger partial charge in [0.1, 0.15) is 0 Å². The largest absolute Gasteiger partial charge is 0.355 e. The molecule has 1 aromatic heterocycles. The number of amides is 1. The summed E-state index contributed by atoms with van der Waals surface area (Å²) < 4.78 is 27.0. The van der Waals surface area contributed by atoms with Crippen LogP contribution in [-0.4, -0.2) is 32.2 Å². The van der Waals surface area contributed by atoms with Crippen molar-refractivity contribution in [1.29, 1.82) is 0 Å². The summed E-state index contributed by atoms with van der Waals surface area (Å²) in [5, 5.41) is 4.50. The molecule has 0 unspecified atom stereocenters. The fraction of sp³-hybridized carbons (Fsp3) is 0.267. The van der Waals surface area contributed by atoms with Gasteiger partial charge in [0, 0.05) is 30.6 Å². The maximum absolute atomic E-state index is 12.8. The number of benzene rings is 1. The van der Waals surface area contributed by atoms with E-state index in [0.29, 0.717) is 18.7 Å². The van der Waals surface area contributed by atoms with Crippen LogP contribution in [-0.2, 0) is 23.0 Å². The lowest BCUT2D eigenvalue weighted by molar-refractivity contribution is 0.0963. The van der Waals surface area contributed by atoms with Crippen molar-refractivity contribution in [2.45, 2.75) is 17.9 Å². The number of carbonyl (C=O) groups is 1. The summed E-state index contributed by atoms with van der Waals surface area (Å²) in [6.45, 7) is 0.866. The second kappa shape index (κ2) is 5.83. The molecule has 116 valence electrons. The first-order chi connectivity index (χ1) is 10.5. The van der Waals surface area contributed by atoms with Gasteiger partial charge in [-0.2, -0.15) is 4.31 Å². The van der Waals surface area contributed by atoms with E-state index in [-0.39, 0.29) is 10.8 Å². The van der Waals surface area contributed by atoms with Crippen LogP contribution in [0, 0.1) is 0 Å². The summed E-state index contributed by atoms with van der Waals surface area (Å²) in [6, 6.07) is 8.13. The number of carbonyl (C=O) groups excluding carboxylic acids is 1. The maximum atomic E-state index is 12.8. The van der Waals surface area contributed by atoms with E-state index >= 15 is 0 Å². The molecule has 7 heteroatoms. The third kappa shape index (κ3) is 2.67. The van der Waals surface area contributed by atoms with Gasteiger partial charge in [-0.3, -0.25) is 4.79 Å². The fourth-order valence-corrected chi connectivity index (χ4v) is 4.87. The number of nitrogens with zero attached hydrogens (tertiary/aromatic N) is 1. The van der Waals surface area contributed by atoms with Crippen molar-refractivity contribution in [1.82, 2.24) is 9.62 Å². The van der Waals surface area contributed by atoms with Gasteiger partial charge in [0.2, 0.25) is 10.0 Å². The first kappa shape index (κ1) is 15.2. The molecule has 0 atom stereocenters. The number of hydrogen-bond donors (Lipinski definition) is 1. The lowest BCUT2D eigenvalue weighted by Gasteiger charge is -2.26. The molecule has 0 spiro atoms. The van der Waals surface area contributed by atoms with Crippen LogP contribution < -0.4 is 5.32 Å². The Morgan fingerprint density at radius 1 is 1.32 bits per heavy atom. The summed E-state index contributed by atoms with van der Waals surface area (Å²) in [5.74, 6) is -0.296. The van der Waals surface area contributed by atoms with Crippen molar-refractivity contribution in [2.24, 2.45) is 0 Å². The highest BCUT2D eigenvalue weighted by Gasteiger charge is 2.29. The number of sulfonamides is 1. The third-order valence-corrected chi connectivity index (χ3v) is 6.60. The SMILES string of the molecule is CNC(=O)c1cccc(S(=O)(=O)N2CCc3sccc3C2)c1. The minimum absolute atomic E-state index is 0.160. The second-order valence-corrected chi connectivity index (χ2v) is 8.00. The summed E-state index contributed by atoms with van der Waals surface area (Å²) in [6.07, 6.45) is 0.737. The number of hydrogen-bond acceptors (Lipinski definition) is 4. The van der Waals surface area contributed by atoms with Crippen molar-refractivity contribution in [2.75, 3.05) is 13.6 Å². The predicted molar refractivity (Wildman–Crippen MR) is 85.5 cm³/mol. The minimum atomic E-state index is -3.59. The van der Waals surface area contributed by atoms with E-state index in [9.17, 15) is 13.2 Å². The highest BCUT2D eigenvalue weighted by Crippen LogP contribution is 2.28. The molecule has 1 aromatic carbocycles. The molecule has 2 aromatic rings.